The van der Waals surface area contributed by atoms with Gasteiger partial charge < -0.3 is 18.3 Å². The zero-order valence-electron chi connectivity index (χ0n) is 31.7. The van der Waals surface area contributed by atoms with Gasteiger partial charge in [-0.25, -0.2) is 0 Å². The van der Waals surface area contributed by atoms with Crippen LogP contribution in [0.1, 0.15) is 120 Å². The Hall–Kier alpha value is -1.23. The van der Waals surface area contributed by atoms with Gasteiger partial charge in [0.05, 0.1) is 24.5 Å². The molecule has 1 aliphatic heterocycles. The number of cyclic esters (lactones) is 1. The van der Waals surface area contributed by atoms with E-state index in [0.717, 1.165) is 44.9 Å². The van der Waals surface area contributed by atoms with Crippen molar-refractivity contribution in [2.45, 2.75) is 181 Å². The van der Waals surface area contributed by atoms with E-state index in [1.165, 1.54) is 5.57 Å². The average molecular weight is 677 g/mol. The Kier molecular flexibility index (Phi) is 13.3. The topological polar surface area (TPSA) is 71.1 Å². The molecule has 8 heteroatoms. The molecule has 3 rings (SSSR count). The van der Waals surface area contributed by atoms with Crippen LogP contribution in [0.3, 0.4) is 0 Å². The van der Waals surface area contributed by atoms with E-state index < -0.39 is 16.6 Å². The lowest BCUT2D eigenvalue weighted by atomic mass is 9.66. The molecule has 6 nitrogen and oxygen atoms in total. The van der Waals surface area contributed by atoms with Gasteiger partial charge in [-0.3, -0.25) is 9.59 Å². The number of esters is 2. The van der Waals surface area contributed by atoms with Gasteiger partial charge in [-0.05, 0) is 79.4 Å². The molecular weight excluding hydrogens is 609 g/mol. The molecule has 46 heavy (non-hydrogen) atoms. The van der Waals surface area contributed by atoms with Gasteiger partial charge in [0.1, 0.15) is 12.2 Å². The van der Waals surface area contributed by atoms with E-state index in [9.17, 15) is 9.59 Å². The van der Waals surface area contributed by atoms with E-state index >= 15 is 0 Å². The summed E-state index contributed by atoms with van der Waals surface area (Å²) in [6, 6.07) is 0. The van der Waals surface area contributed by atoms with E-state index in [2.05, 4.69) is 107 Å². The maximum Gasteiger partial charge on any atom is 0.309 e. The fraction of sp³-hybridized carbons (Fsp3) is 0.842. The first-order chi connectivity index (χ1) is 21.2. The minimum absolute atomic E-state index is 0.0474. The van der Waals surface area contributed by atoms with Crippen LogP contribution in [0, 0.1) is 23.7 Å². The van der Waals surface area contributed by atoms with E-state index in [1.807, 2.05) is 0 Å². The molecule has 264 valence electrons. The van der Waals surface area contributed by atoms with E-state index in [-0.39, 0.29) is 64.2 Å². The molecule has 0 unspecified atom stereocenters. The SMILES string of the molecule is CCCC(CCC)C(=O)O[C@H]1C[C@H](O[Si](C)(C)C(C)(C)C)C=C2C=C[C@H](C)[C@H](CC[C@@H]3C[C@@H](O[Si](C)(C)C(C)(C)C)CC(=O)O3)[C@H]21. The Morgan fingerprint density at radius 2 is 1.52 bits per heavy atom. The molecule has 2 aliphatic carbocycles. The van der Waals surface area contributed by atoms with Crippen LogP contribution in [-0.2, 0) is 27.9 Å². The van der Waals surface area contributed by atoms with Crippen molar-refractivity contribution in [3.05, 3.63) is 23.8 Å². The molecule has 1 fully saturated rings. The van der Waals surface area contributed by atoms with Crippen LogP contribution in [0.5, 0.6) is 0 Å². The first kappa shape index (κ1) is 39.2. The molecule has 0 amide bonds. The third-order valence-corrected chi connectivity index (χ3v) is 20.8. The molecule has 0 radical (unpaired) electrons. The van der Waals surface area contributed by atoms with Gasteiger partial charge in [-0.15, -0.1) is 0 Å². The van der Waals surface area contributed by atoms with Crippen LogP contribution >= 0.6 is 0 Å². The third kappa shape index (κ3) is 9.91. The molecule has 0 aromatic carbocycles. The maximum absolute atomic E-state index is 13.7. The highest BCUT2D eigenvalue weighted by atomic mass is 28.4. The number of allylic oxidation sites excluding steroid dienone is 2. The highest BCUT2D eigenvalue weighted by molar-refractivity contribution is 6.74. The van der Waals surface area contributed by atoms with Crippen LogP contribution in [0.25, 0.3) is 0 Å². The lowest BCUT2D eigenvalue weighted by Crippen LogP contribution is -2.48. The van der Waals surface area contributed by atoms with Crippen molar-refractivity contribution in [3.8, 4) is 0 Å². The summed E-state index contributed by atoms with van der Waals surface area (Å²) >= 11 is 0. The van der Waals surface area contributed by atoms with Gasteiger partial charge in [0.25, 0.3) is 0 Å². The smallest absolute Gasteiger partial charge is 0.309 e. The number of ether oxygens (including phenoxy) is 2. The zero-order chi connectivity index (χ0) is 34.7. The van der Waals surface area contributed by atoms with Gasteiger partial charge in [-0.2, -0.15) is 0 Å². The van der Waals surface area contributed by atoms with Gasteiger partial charge >= 0.3 is 11.9 Å². The van der Waals surface area contributed by atoms with Gasteiger partial charge in [0.15, 0.2) is 16.6 Å². The Morgan fingerprint density at radius 3 is 2.09 bits per heavy atom. The predicted octanol–water partition coefficient (Wildman–Crippen LogP) is 10.1. The number of hydrogen-bond acceptors (Lipinski definition) is 6. The van der Waals surface area contributed by atoms with Crippen molar-refractivity contribution >= 4 is 28.6 Å². The molecule has 0 N–H and O–H groups in total. The quantitative estimate of drug-likeness (QED) is 0.143. The fourth-order valence-electron chi connectivity index (χ4n) is 7.01. The zero-order valence-corrected chi connectivity index (χ0v) is 33.7. The van der Waals surface area contributed by atoms with Crippen molar-refractivity contribution in [2.24, 2.45) is 23.7 Å². The van der Waals surface area contributed by atoms with Crippen molar-refractivity contribution in [1.29, 1.82) is 0 Å². The summed E-state index contributed by atoms with van der Waals surface area (Å²) in [5, 5.41) is 0.175. The lowest BCUT2D eigenvalue weighted by Gasteiger charge is -2.46. The normalized spacial score (nSPS) is 29.3. The predicted molar refractivity (Wildman–Crippen MR) is 194 cm³/mol. The summed E-state index contributed by atoms with van der Waals surface area (Å²) in [7, 11) is -4.05. The van der Waals surface area contributed by atoms with E-state index in [1.54, 1.807) is 0 Å². The molecule has 0 saturated carbocycles. The minimum atomic E-state index is -2.04. The fourth-order valence-corrected chi connectivity index (χ4v) is 9.65. The Bertz CT molecular complexity index is 1090. The average Bonchev–Trinajstić information content (AvgIpc) is 2.90. The van der Waals surface area contributed by atoms with Gasteiger partial charge in [-0.1, -0.05) is 93.4 Å². The number of rotatable bonds is 13. The van der Waals surface area contributed by atoms with Crippen molar-refractivity contribution in [2.75, 3.05) is 0 Å². The maximum atomic E-state index is 13.7. The largest absolute Gasteiger partial charge is 0.462 e. The number of carbonyl (C=O) groups is 2. The molecule has 0 aromatic rings. The van der Waals surface area contributed by atoms with Crippen LogP contribution in [0.15, 0.2) is 23.8 Å². The van der Waals surface area contributed by atoms with E-state index in [0.29, 0.717) is 18.8 Å². The molecule has 0 spiro atoms. The number of fused-ring (bicyclic) bond motifs is 1. The highest BCUT2D eigenvalue weighted by Gasteiger charge is 2.47. The van der Waals surface area contributed by atoms with Gasteiger partial charge in [0.2, 0.25) is 0 Å². The Labute approximate surface area is 284 Å². The van der Waals surface area contributed by atoms with Gasteiger partial charge in [0, 0.05) is 18.8 Å². The van der Waals surface area contributed by atoms with Crippen LogP contribution in [0.2, 0.25) is 36.3 Å². The molecule has 0 bridgehead atoms. The second-order valence-corrected chi connectivity index (χ2v) is 27.1. The summed E-state index contributed by atoms with van der Waals surface area (Å²) in [6.07, 6.45) is 13.5. The third-order valence-electron chi connectivity index (χ3n) is 11.8. The van der Waals surface area contributed by atoms with Crippen molar-refractivity contribution < 1.29 is 27.9 Å². The second kappa shape index (κ2) is 15.5. The highest BCUT2D eigenvalue weighted by Crippen LogP contribution is 2.47. The van der Waals surface area contributed by atoms with Crippen LogP contribution in [0.4, 0.5) is 0 Å². The van der Waals surface area contributed by atoms with Crippen molar-refractivity contribution in [1.82, 2.24) is 0 Å². The summed E-state index contributed by atoms with van der Waals surface area (Å²) in [5.41, 5.74) is 1.23. The summed E-state index contributed by atoms with van der Waals surface area (Å²) in [4.78, 5) is 26.5. The van der Waals surface area contributed by atoms with E-state index in [4.69, 9.17) is 18.3 Å². The molecule has 7 atom stereocenters. The first-order valence-corrected chi connectivity index (χ1v) is 24.2. The second-order valence-electron chi connectivity index (χ2n) is 17.6. The van der Waals surface area contributed by atoms with Crippen LogP contribution < -0.4 is 0 Å². The molecular formula is C38H68O6Si2. The standard InChI is InChI=1S/C38H68O6Si2/c1-14-16-27(17-15-2)36(40)42-33-24-30(43-45(10,11)37(4,5)6)22-28-19-18-26(3)32(35(28)33)21-20-29-23-31(25-34(39)41-29)44-46(12,13)38(7,8)9/h18-19,22,26-27,29-33,35H,14-17,20-21,23-25H2,1-13H3/t26-,29+,30+,31+,32-,33-,35-/m0/s1. The molecule has 0 aromatic heterocycles. The molecule has 3 aliphatic rings. The summed E-state index contributed by atoms with van der Waals surface area (Å²) < 4.78 is 26.1. The number of hydrogen-bond donors (Lipinski definition) is 0. The van der Waals surface area contributed by atoms with Crippen molar-refractivity contribution in [3.63, 3.8) is 0 Å². The minimum Gasteiger partial charge on any atom is -0.462 e. The molecule has 1 heterocycles. The Balaban J connectivity index is 1.85. The summed E-state index contributed by atoms with van der Waals surface area (Å²) in [5.74, 6) is 0.448. The first-order valence-electron chi connectivity index (χ1n) is 18.3. The lowest BCUT2D eigenvalue weighted by molar-refractivity contribution is -0.162. The Morgan fingerprint density at radius 1 is 0.935 bits per heavy atom. The molecule has 1 saturated heterocycles. The monoisotopic (exact) mass is 676 g/mol. The summed E-state index contributed by atoms with van der Waals surface area (Å²) in [6.45, 7) is 29.2. The number of carbonyl (C=O) groups excluding carboxylic acids is 2. The van der Waals surface area contributed by atoms with Crippen LogP contribution in [-0.4, -0.2) is 53.0 Å².